The summed E-state index contributed by atoms with van der Waals surface area (Å²) in [6, 6.07) is 11.2. The number of aryl methyl sites for hydroxylation is 2. The highest BCUT2D eigenvalue weighted by Gasteiger charge is 2.22. The van der Waals surface area contributed by atoms with Gasteiger partial charge >= 0.3 is 0 Å². The zero-order valence-corrected chi connectivity index (χ0v) is 9.57. The summed E-state index contributed by atoms with van der Waals surface area (Å²) in [4.78, 5) is 0. The van der Waals surface area contributed by atoms with Crippen molar-refractivity contribution in [3.63, 3.8) is 0 Å². The molecule has 1 atom stereocenters. The monoisotopic (exact) mass is 213 g/mol. The van der Waals surface area contributed by atoms with Crippen molar-refractivity contribution in [1.82, 2.24) is 15.1 Å². The smallest absolute Gasteiger partial charge is 0.0652 e. The molecule has 16 heavy (non-hydrogen) atoms. The number of rotatable bonds is 2. The Balaban J connectivity index is 2.05. The van der Waals surface area contributed by atoms with E-state index < -0.39 is 0 Å². The maximum atomic E-state index is 4.50. The SMILES string of the molecule is Cc1cc(C)n(-c2cccc([C@H]3CN3)c2)n1. The van der Waals surface area contributed by atoms with Crippen molar-refractivity contribution in [2.45, 2.75) is 19.9 Å². The molecule has 0 unspecified atom stereocenters. The Morgan fingerprint density at radius 3 is 2.75 bits per heavy atom. The molecule has 1 aromatic carbocycles. The number of benzene rings is 1. The maximum Gasteiger partial charge on any atom is 0.0652 e. The molecule has 0 saturated carbocycles. The summed E-state index contributed by atoms with van der Waals surface area (Å²) < 4.78 is 2.00. The van der Waals surface area contributed by atoms with Crippen LogP contribution in [-0.2, 0) is 0 Å². The van der Waals surface area contributed by atoms with Gasteiger partial charge in [0.25, 0.3) is 0 Å². The molecule has 2 aromatic rings. The highest BCUT2D eigenvalue weighted by atomic mass is 15.3. The Kier molecular flexibility index (Phi) is 2.07. The van der Waals surface area contributed by atoms with Gasteiger partial charge in [0.2, 0.25) is 0 Å². The van der Waals surface area contributed by atoms with Gasteiger partial charge in [-0.1, -0.05) is 12.1 Å². The molecule has 1 N–H and O–H groups in total. The molecule has 1 fully saturated rings. The molecule has 3 rings (SSSR count). The van der Waals surface area contributed by atoms with E-state index in [1.807, 2.05) is 11.6 Å². The Morgan fingerprint density at radius 1 is 1.31 bits per heavy atom. The molecule has 82 valence electrons. The Morgan fingerprint density at radius 2 is 2.12 bits per heavy atom. The average molecular weight is 213 g/mol. The van der Waals surface area contributed by atoms with Crippen LogP contribution in [0.4, 0.5) is 0 Å². The first-order valence-electron chi connectivity index (χ1n) is 5.61. The molecule has 0 amide bonds. The van der Waals surface area contributed by atoms with E-state index in [0.29, 0.717) is 6.04 Å². The number of nitrogens with zero attached hydrogens (tertiary/aromatic N) is 2. The van der Waals surface area contributed by atoms with Gasteiger partial charge in [0.1, 0.15) is 0 Å². The Hall–Kier alpha value is -1.61. The molecule has 0 radical (unpaired) electrons. The summed E-state index contributed by atoms with van der Waals surface area (Å²) in [6.07, 6.45) is 0. The molecule has 3 nitrogen and oxygen atoms in total. The predicted molar refractivity (Wildman–Crippen MR) is 63.8 cm³/mol. The second kappa shape index (κ2) is 3.46. The van der Waals surface area contributed by atoms with Crippen LogP contribution in [0, 0.1) is 13.8 Å². The highest BCUT2D eigenvalue weighted by Crippen LogP contribution is 2.23. The molecule has 0 bridgehead atoms. The fourth-order valence-corrected chi connectivity index (χ4v) is 2.06. The molecule has 2 heterocycles. The third-order valence-electron chi connectivity index (χ3n) is 2.93. The molecule has 1 saturated heterocycles. The van der Waals surface area contributed by atoms with Crippen molar-refractivity contribution < 1.29 is 0 Å². The minimum Gasteiger partial charge on any atom is -0.307 e. The summed E-state index contributed by atoms with van der Waals surface area (Å²) in [5.74, 6) is 0. The minimum absolute atomic E-state index is 0.553. The first-order chi connectivity index (χ1) is 7.74. The van der Waals surface area contributed by atoms with Crippen LogP contribution >= 0.6 is 0 Å². The van der Waals surface area contributed by atoms with Crippen LogP contribution in [-0.4, -0.2) is 16.3 Å². The van der Waals surface area contributed by atoms with Crippen LogP contribution < -0.4 is 5.32 Å². The van der Waals surface area contributed by atoms with Gasteiger partial charge in [-0.3, -0.25) is 0 Å². The third-order valence-corrected chi connectivity index (χ3v) is 2.93. The molecule has 1 aliphatic heterocycles. The number of hydrogen-bond acceptors (Lipinski definition) is 2. The normalized spacial score (nSPS) is 18.8. The third kappa shape index (κ3) is 1.63. The van der Waals surface area contributed by atoms with E-state index in [-0.39, 0.29) is 0 Å². The number of aromatic nitrogens is 2. The van der Waals surface area contributed by atoms with E-state index in [4.69, 9.17) is 0 Å². The van der Waals surface area contributed by atoms with Gasteiger partial charge in [0, 0.05) is 18.3 Å². The van der Waals surface area contributed by atoms with Crippen LogP contribution in [0.15, 0.2) is 30.3 Å². The van der Waals surface area contributed by atoms with Crippen LogP contribution in [0.1, 0.15) is 23.0 Å². The zero-order chi connectivity index (χ0) is 11.1. The van der Waals surface area contributed by atoms with Crippen molar-refractivity contribution in [2.24, 2.45) is 0 Å². The second-order valence-electron chi connectivity index (χ2n) is 4.39. The summed E-state index contributed by atoms with van der Waals surface area (Å²) >= 11 is 0. The van der Waals surface area contributed by atoms with Gasteiger partial charge in [-0.25, -0.2) is 4.68 Å². The molecule has 1 aliphatic rings. The van der Waals surface area contributed by atoms with Gasteiger partial charge in [0.05, 0.1) is 11.4 Å². The van der Waals surface area contributed by atoms with Gasteiger partial charge < -0.3 is 5.32 Å². The first kappa shape index (κ1) is 9.60. The predicted octanol–water partition coefficient (Wildman–Crippen LogP) is 2.13. The van der Waals surface area contributed by atoms with E-state index in [9.17, 15) is 0 Å². The van der Waals surface area contributed by atoms with E-state index in [0.717, 1.165) is 17.9 Å². The number of nitrogens with one attached hydrogen (secondary N) is 1. The summed E-state index contributed by atoms with van der Waals surface area (Å²) in [5.41, 5.74) is 4.74. The van der Waals surface area contributed by atoms with Crippen molar-refractivity contribution in [2.75, 3.05) is 6.54 Å². The average Bonchev–Trinajstić information content (AvgIpc) is 3.05. The lowest BCUT2D eigenvalue weighted by Crippen LogP contribution is -1.99. The fourth-order valence-electron chi connectivity index (χ4n) is 2.06. The van der Waals surface area contributed by atoms with Gasteiger partial charge in [-0.05, 0) is 37.6 Å². The first-order valence-corrected chi connectivity index (χ1v) is 5.61. The molecule has 0 aliphatic carbocycles. The second-order valence-corrected chi connectivity index (χ2v) is 4.39. The van der Waals surface area contributed by atoms with E-state index >= 15 is 0 Å². The largest absolute Gasteiger partial charge is 0.307 e. The van der Waals surface area contributed by atoms with Crippen LogP contribution in [0.2, 0.25) is 0 Å². The fraction of sp³-hybridized carbons (Fsp3) is 0.308. The summed E-state index contributed by atoms with van der Waals surface area (Å²) in [5, 5.41) is 7.82. The lowest BCUT2D eigenvalue weighted by Gasteiger charge is -2.06. The van der Waals surface area contributed by atoms with Gasteiger partial charge in [0.15, 0.2) is 0 Å². The lowest BCUT2D eigenvalue weighted by atomic mass is 10.1. The maximum absolute atomic E-state index is 4.50. The van der Waals surface area contributed by atoms with Gasteiger partial charge in [-0.2, -0.15) is 5.10 Å². The molecule has 0 spiro atoms. The van der Waals surface area contributed by atoms with E-state index in [1.54, 1.807) is 0 Å². The summed E-state index contributed by atoms with van der Waals surface area (Å²) in [7, 11) is 0. The van der Waals surface area contributed by atoms with E-state index in [2.05, 4.69) is 47.7 Å². The van der Waals surface area contributed by atoms with Crippen molar-refractivity contribution in [1.29, 1.82) is 0 Å². The molecular formula is C13H15N3. The number of hydrogen-bond donors (Lipinski definition) is 1. The van der Waals surface area contributed by atoms with Crippen LogP contribution in [0.3, 0.4) is 0 Å². The quantitative estimate of drug-likeness (QED) is 0.776. The van der Waals surface area contributed by atoms with Crippen molar-refractivity contribution in [3.05, 3.63) is 47.3 Å². The molecule has 1 aromatic heterocycles. The van der Waals surface area contributed by atoms with Crippen molar-refractivity contribution >= 4 is 0 Å². The standard InChI is InChI=1S/C13H15N3/c1-9-6-10(2)16(15-9)12-5-3-4-11(7-12)13-8-14-13/h3-7,13-14H,8H2,1-2H3/t13-/m1/s1. The van der Waals surface area contributed by atoms with E-state index in [1.165, 1.54) is 11.3 Å². The van der Waals surface area contributed by atoms with Crippen LogP contribution in [0.25, 0.3) is 5.69 Å². The van der Waals surface area contributed by atoms with Crippen LogP contribution in [0.5, 0.6) is 0 Å². The Bertz CT molecular complexity index is 524. The summed E-state index contributed by atoms with van der Waals surface area (Å²) in [6.45, 7) is 5.21. The minimum atomic E-state index is 0.553. The zero-order valence-electron chi connectivity index (χ0n) is 9.57. The highest BCUT2D eigenvalue weighted by molar-refractivity contribution is 5.39. The van der Waals surface area contributed by atoms with Crippen molar-refractivity contribution in [3.8, 4) is 5.69 Å². The Labute approximate surface area is 95.1 Å². The van der Waals surface area contributed by atoms with Gasteiger partial charge in [-0.15, -0.1) is 0 Å². The lowest BCUT2D eigenvalue weighted by molar-refractivity contribution is 0.831. The molecular weight excluding hydrogens is 198 g/mol. The topological polar surface area (TPSA) is 39.8 Å². The molecule has 3 heteroatoms.